The van der Waals surface area contributed by atoms with Gasteiger partial charge < -0.3 is 10.1 Å². The zero-order valence-corrected chi connectivity index (χ0v) is 14.3. The summed E-state index contributed by atoms with van der Waals surface area (Å²) >= 11 is 0. The van der Waals surface area contributed by atoms with Gasteiger partial charge in [0.25, 0.3) is 5.91 Å². The summed E-state index contributed by atoms with van der Waals surface area (Å²) in [6.45, 7) is 6.27. The van der Waals surface area contributed by atoms with Gasteiger partial charge in [-0.05, 0) is 24.5 Å². The first-order chi connectivity index (χ1) is 11.8. The van der Waals surface area contributed by atoms with E-state index in [1.165, 1.54) is 18.2 Å². The second-order valence-electron chi connectivity index (χ2n) is 7.17. The van der Waals surface area contributed by atoms with Crippen LogP contribution in [-0.4, -0.2) is 48.7 Å². The molecule has 7 heteroatoms. The molecule has 1 aromatic rings. The molecule has 1 N–H and O–H groups in total. The van der Waals surface area contributed by atoms with Gasteiger partial charge >= 0.3 is 6.18 Å². The van der Waals surface area contributed by atoms with E-state index in [0.717, 1.165) is 12.6 Å². The lowest BCUT2D eigenvalue weighted by atomic mass is 10.0. The maximum atomic E-state index is 13.1. The molecule has 138 valence electrons. The van der Waals surface area contributed by atoms with E-state index in [0.29, 0.717) is 25.5 Å². The average Bonchev–Trinajstić information content (AvgIpc) is 2.95. The molecule has 0 bridgehead atoms. The average molecular weight is 356 g/mol. The minimum atomic E-state index is -4.54. The Hall–Kier alpha value is -1.60. The predicted molar refractivity (Wildman–Crippen MR) is 87.3 cm³/mol. The molecule has 0 unspecified atom stereocenters. The summed E-state index contributed by atoms with van der Waals surface area (Å²) in [7, 11) is 0. The molecule has 2 aliphatic rings. The molecule has 2 aliphatic heterocycles. The van der Waals surface area contributed by atoms with E-state index in [9.17, 15) is 18.0 Å². The van der Waals surface area contributed by atoms with E-state index in [1.54, 1.807) is 0 Å². The third-order valence-electron chi connectivity index (χ3n) is 5.00. The van der Waals surface area contributed by atoms with Gasteiger partial charge in [0.05, 0.1) is 23.8 Å². The van der Waals surface area contributed by atoms with Crippen molar-refractivity contribution in [3.8, 4) is 0 Å². The second-order valence-corrected chi connectivity index (χ2v) is 7.17. The molecule has 0 aromatic heterocycles. The lowest BCUT2D eigenvalue weighted by Gasteiger charge is -2.36. The van der Waals surface area contributed by atoms with E-state index in [-0.39, 0.29) is 23.8 Å². The molecule has 4 nitrogen and oxygen atoms in total. The minimum Gasteiger partial charge on any atom is -0.375 e. The molecule has 25 heavy (non-hydrogen) atoms. The van der Waals surface area contributed by atoms with Crippen LogP contribution in [0.3, 0.4) is 0 Å². The number of morpholine rings is 1. The van der Waals surface area contributed by atoms with Crippen molar-refractivity contribution in [3.05, 3.63) is 35.4 Å². The predicted octanol–water partition coefficient (Wildman–Crippen LogP) is 2.93. The van der Waals surface area contributed by atoms with Gasteiger partial charge in [-0.15, -0.1) is 0 Å². The quantitative estimate of drug-likeness (QED) is 0.905. The maximum absolute atomic E-state index is 13.1. The number of carbonyl (C=O) groups is 1. The number of alkyl halides is 3. The zero-order valence-electron chi connectivity index (χ0n) is 14.3. The van der Waals surface area contributed by atoms with Crippen LogP contribution in [0.25, 0.3) is 0 Å². The summed E-state index contributed by atoms with van der Waals surface area (Å²) in [5.74, 6) is -0.257. The van der Waals surface area contributed by atoms with Gasteiger partial charge in [-0.3, -0.25) is 9.69 Å². The number of amides is 1. The normalized spacial score (nSPS) is 27.4. The van der Waals surface area contributed by atoms with Crippen molar-refractivity contribution in [2.75, 3.05) is 19.7 Å². The molecular formula is C18H23F3N2O2. The Morgan fingerprint density at radius 1 is 1.28 bits per heavy atom. The van der Waals surface area contributed by atoms with Crippen LogP contribution < -0.4 is 5.32 Å². The lowest BCUT2D eigenvalue weighted by molar-refractivity contribution is -0.137. The first-order valence-corrected chi connectivity index (χ1v) is 8.58. The first kappa shape index (κ1) is 18.2. The number of nitrogens with one attached hydrogen (secondary N) is 1. The van der Waals surface area contributed by atoms with Crippen molar-refractivity contribution in [2.45, 2.75) is 44.6 Å². The van der Waals surface area contributed by atoms with Gasteiger partial charge in [0.2, 0.25) is 0 Å². The number of hydrogen-bond donors (Lipinski definition) is 1. The van der Waals surface area contributed by atoms with Crippen molar-refractivity contribution in [1.29, 1.82) is 0 Å². The van der Waals surface area contributed by atoms with Crippen LogP contribution in [0.5, 0.6) is 0 Å². The lowest BCUT2D eigenvalue weighted by Crippen LogP contribution is -2.48. The Balaban J connectivity index is 1.66. The fourth-order valence-electron chi connectivity index (χ4n) is 3.60. The summed E-state index contributed by atoms with van der Waals surface area (Å²) in [5, 5.41) is 2.77. The third-order valence-corrected chi connectivity index (χ3v) is 5.00. The summed E-state index contributed by atoms with van der Waals surface area (Å²) < 4.78 is 45.1. The smallest absolute Gasteiger partial charge is 0.375 e. The van der Waals surface area contributed by atoms with Crippen molar-refractivity contribution >= 4 is 5.91 Å². The Morgan fingerprint density at radius 3 is 2.68 bits per heavy atom. The number of ether oxygens (including phenoxy) is 1. The number of nitrogens with zero attached hydrogens (tertiary/aromatic N) is 1. The molecule has 3 atom stereocenters. The van der Waals surface area contributed by atoms with E-state index in [4.69, 9.17) is 4.74 Å². The van der Waals surface area contributed by atoms with Gasteiger partial charge in [0.1, 0.15) is 0 Å². The van der Waals surface area contributed by atoms with Crippen LogP contribution in [0.2, 0.25) is 0 Å². The molecule has 2 heterocycles. The highest BCUT2D eigenvalue weighted by Gasteiger charge is 2.40. The van der Waals surface area contributed by atoms with E-state index >= 15 is 0 Å². The maximum Gasteiger partial charge on any atom is 0.417 e. The van der Waals surface area contributed by atoms with Gasteiger partial charge in [-0.25, -0.2) is 0 Å². The van der Waals surface area contributed by atoms with E-state index in [1.807, 2.05) is 0 Å². The van der Waals surface area contributed by atoms with Crippen LogP contribution in [-0.2, 0) is 10.9 Å². The number of fused-ring (bicyclic) bond motifs is 1. The fraction of sp³-hybridized carbons (Fsp3) is 0.611. The highest BCUT2D eigenvalue weighted by atomic mass is 19.4. The Bertz CT molecular complexity index is 633. The standard InChI is InChI=1S/C18H23F3N2O2/c1-11(2)16-9-23-8-12(7-13(23)10-25-16)22-17(24)14-5-3-4-6-15(14)18(19,20)21/h3-6,11-13,16H,7-10H2,1-2H3,(H,22,24)/t12-,13-,16-/m0/s1. The highest BCUT2D eigenvalue weighted by Crippen LogP contribution is 2.32. The number of carbonyl (C=O) groups excluding carboxylic acids is 1. The second kappa shape index (κ2) is 6.96. The van der Waals surface area contributed by atoms with Gasteiger partial charge in [-0.2, -0.15) is 13.2 Å². The topological polar surface area (TPSA) is 41.6 Å². The van der Waals surface area contributed by atoms with Crippen LogP contribution in [0, 0.1) is 5.92 Å². The largest absolute Gasteiger partial charge is 0.417 e. The molecule has 1 amide bonds. The van der Waals surface area contributed by atoms with E-state index in [2.05, 4.69) is 24.1 Å². The third kappa shape index (κ3) is 3.98. The SMILES string of the molecule is CC(C)[C@@H]1CN2C[C@@H](NC(=O)c3ccccc3C(F)(F)F)C[C@H]2CO1. The van der Waals surface area contributed by atoms with Crippen LogP contribution in [0.15, 0.2) is 24.3 Å². The molecule has 2 fully saturated rings. The molecule has 0 radical (unpaired) electrons. The van der Waals surface area contributed by atoms with Gasteiger partial charge in [-0.1, -0.05) is 26.0 Å². The molecule has 1 aromatic carbocycles. The summed E-state index contributed by atoms with van der Waals surface area (Å²) in [6.07, 6.45) is -3.68. The number of rotatable bonds is 3. The molecule has 2 saturated heterocycles. The summed E-state index contributed by atoms with van der Waals surface area (Å²) in [5.41, 5.74) is -1.22. The van der Waals surface area contributed by atoms with Crippen LogP contribution in [0.4, 0.5) is 13.2 Å². The first-order valence-electron chi connectivity index (χ1n) is 8.58. The zero-order chi connectivity index (χ0) is 18.2. The van der Waals surface area contributed by atoms with Crippen molar-refractivity contribution in [3.63, 3.8) is 0 Å². The van der Waals surface area contributed by atoms with E-state index < -0.39 is 17.6 Å². The monoisotopic (exact) mass is 356 g/mol. The molecular weight excluding hydrogens is 333 g/mol. The molecule has 3 rings (SSSR count). The highest BCUT2D eigenvalue weighted by molar-refractivity contribution is 5.96. The molecule has 0 aliphatic carbocycles. The van der Waals surface area contributed by atoms with Crippen molar-refractivity contribution in [1.82, 2.24) is 10.2 Å². The number of halogens is 3. The Morgan fingerprint density at radius 2 is 2.00 bits per heavy atom. The molecule has 0 spiro atoms. The van der Waals surface area contributed by atoms with Crippen molar-refractivity contribution in [2.24, 2.45) is 5.92 Å². The number of benzene rings is 1. The Kier molecular flexibility index (Phi) is 5.06. The van der Waals surface area contributed by atoms with Gasteiger partial charge in [0.15, 0.2) is 0 Å². The van der Waals surface area contributed by atoms with Crippen molar-refractivity contribution < 1.29 is 22.7 Å². The Labute approximate surface area is 145 Å². The molecule has 0 saturated carbocycles. The fourth-order valence-corrected chi connectivity index (χ4v) is 3.60. The van der Waals surface area contributed by atoms with Gasteiger partial charge in [0, 0.05) is 25.2 Å². The van der Waals surface area contributed by atoms with Crippen LogP contribution >= 0.6 is 0 Å². The summed E-state index contributed by atoms with van der Waals surface area (Å²) in [6, 6.07) is 4.96. The van der Waals surface area contributed by atoms with Crippen LogP contribution in [0.1, 0.15) is 36.2 Å². The summed E-state index contributed by atoms with van der Waals surface area (Å²) in [4.78, 5) is 14.7. The minimum absolute atomic E-state index is 0.159. The number of hydrogen-bond acceptors (Lipinski definition) is 3.